The third kappa shape index (κ3) is 4.16. The van der Waals surface area contributed by atoms with Crippen molar-refractivity contribution in [2.24, 2.45) is 0 Å². The zero-order chi connectivity index (χ0) is 12.2. The van der Waals surface area contributed by atoms with E-state index in [0.29, 0.717) is 0 Å². The van der Waals surface area contributed by atoms with Crippen molar-refractivity contribution in [3.63, 3.8) is 0 Å². The topological polar surface area (TPSA) is 59.4 Å². The van der Waals surface area contributed by atoms with E-state index in [1.807, 2.05) is 0 Å². The number of carboxylic acids is 1. The molecular weight excluding hydrogens is 227 g/mol. The summed E-state index contributed by atoms with van der Waals surface area (Å²) in [6.45, 7) is -1.47. The molecule has 1 aromatic heterocycles. The average Bonchev–Trinajstić information content (AvgIpc) is 2.14. The van der Waals surface area contributed by atoms with Gasteiger partial charge in [-0.3, -0.25) is 9.78 Å². The fraction of sp³-hybridized carbons (Fsp3) is 0.333. The molecule has 88 valence electrons. The second kappa shape index (κ2) is 4.82. The first-order valence-corrected chi connectivity index (χ1v) is 4.24. The number of halogens is 3. The second-order valence-corrected chi connectivity index (χ2v) is 2.92. The number of hydrogen-bond donors (Lipinski definition) is 1. The van der Waals surface area contributed by atoms with Gasteiger partial charge >= 0.3 is 12.1 Å². The van der Waals surface area contributed by atoms with E-state index in [0.717, 1.165) is 0 Å². The Morgan fingerprint density at radius 2 is 2.19 bits per heavy atom. The smallest absolute Gasteiger partial charge is 0.422 e. The molecule has 0 amide bonds. The molecule has 0 saturated carbocycles. The van der Waals surface area contributed by atoms with Gasteiger partial charge in [0.15, 0.2) is 6.61 Å². The van der Waals surface area contributed by atoms with Gasteiger partial charge < -0.3 is 9.84 Å². The highest BCUT2D eigenvalue weighted by atomic mass is 19.4. The first-order valence-electron chi connectivity index (χ1n) is 4.24. The summed E-state index contributed by atoms with van der Waals surface area (Å²) in [5, 5.41) is 8.50. The van der Waals surface area contributed by atoms with Gasteiger partial charge in [0.25, 0.3) is 0 Å². The third-order valence-corrected chi connectivity index (χ3v) is 1.56. The van der Waals surface area contributed by atoms with Crippen molar-refractivity contribution in [3.05, 3.63) is 24.0 Å². The fourth-order valence-corrected chi connectivity index (χ4v) is 0.990. The van der Waals surface area contributed by atoms with Crippen LogP contribution < -0.4 is 4.74 Å². The van der Waals surface area contributed by atoms with Crippen molar-refractivity contribution in [1.29, 1.82) is 0 Å². The normalized spacial score (nSPS) is 11.2. The zero-order valence-electron chi connectivity index (χ0n) is 7.99. The molecular formula is C9H8F3NO3. The van der Waals surface area contributed by atoms with E-state index in [4.69, 9.17) is 5.11 Å². The largest absolute Gasteiger partial charge is 0.482 e. The Labute approximate surface area is 88.7 Å². The van der Waals surface area contributed by atoms with Crippen molar-refractivity contribution in [1.82, 2.24) is 4.98 Å². The molecule has 0 aromatic carbocycles. The van der Waals surface area contributed by atoms with Crippen LogP contribution >= 0.6 is 0 Å². The number of aromatic nitrogens is 1. The van der Waals surface area contributed by atoms with Crippen LogP contribution in [-0.2, 0) is 11.2 Å². The summed E-state index contributed by atoms with van der Waals surface area (Å²) in [5.74, 6) is -1.35. The molecule has 0 fully saturated rings. The van der Waals surface area contributed by atoms with Gasteiger partial charge in [-0.1, -0.05) is 0 Å². The summed E-state index contributed by atoms with van der Waals surface area (Å²) in [6.07, 6.45) is -3.65. The maximum atomic E-state index is 11.9. The Kier molecular flexibility index (Phi) is 3.70. The van der Waals surface area contributed by atoms with Gasteiger partial charge in [-0.2, -0.15) is 13.2 Å². The van der Waals surface area contributed by atoms with E-state index in [-0.39, 0.29) is 11.4 Å². The van der Waals surface area contributed by atoms with Crippen molar-refractivity contribution in [2.45, 2.75) is 12.6 Å². The first kappa shape index (κ1) is 12.3. The van der Waals surface area contributed by atoms with Crippen LogP contribution in [0, 0.1) is 0 Å². The predicted molar refractivity (Wildman–Crippen MR) is 47.1 cm³/mol. The average molecular weight is 235 g/mol. The summed E-state index contributed by atoms with van der Waals surface area (Å²) in [5.41, 5.74) is -0.0285. The maximum absolute atomic E-state index is 11.9. The molecule has 7 heteroatoms. The summed E-state index contributed by atoms with van der Waals surface area (Å²) in [6, 6.07) is 2.62. The molecule has 0 aliphatic heterocycles. The summed E-state index contributed by atoms with van der Waals surface area (Å²) >= 11 is 0. The van der Waals surface area contributed by atoms with Crippen molar-refractivity contribution < 1.29 is 27.8 Å². The number of ether oxygens (including phenoxy) is 1. The van der Waals surface area contributed by atoms with Crippen LogP contribution in [-0.4, -0.2) is 28.8 Å². The van der Waals surface area contributed by atoms with Crippen LogP contribution in [0.5, 0.6) is 5.75 Å². The maximum Gasteiger partial charge on any atom is 0.422 e. The lowest BCUT2D eigenvalue weighted by atomic mass is 10.2. The zero-order valence-corrected chi connectivity index (χ0v) is 7.99. The SMILES string of the molecule is O=C(O)Cc1ncccc1OCC(F)(F)F. The number of alkyl halides is 3. The number of rotatable bonds is 4. The third-order valence-electron chi connectivity index (χ3n) is 1.56. The first-order chi connectivity index (χ1) is 7.38. The molecule has 1 aromatic rings. The van der Waals surface area contributed by atoms with Crippen LogP contribution in [0.4, 0.5) is 13.2 Å². The van der Waals surface area contributed by atoms with Crippen LogP contribution in [0.15, 0.2) is 18.3 Å². The molecule has 0 saturated heterocycles. The van der Waals surface area contributed by atoms with Crippen molar-refractivity contribution in [3.8, 4) is 5.75 Å². The summed E-state index contributed by atoms with van der Waals surface area (Å²) in [4.78, 5) is 14.1. The standard InChI is InChI=1S/C9H8F3NO3/c10-9(11,12)5-16-7-2-1-3-13-6(7)4-8(14)15/h1-3H,4-5H2,(H,14,15). The Balaban J connectivity index is 2.75. The highest BCUT2D eigenvalue weighted by Gasteiger charge is 2.29. The predicted octanol–water partition coefficient (Wildman–Crippen LogP) is 1.65. The lowest BCUT2D eigenvalue weighted by Gasteiger charge is -2.11. The highest BCUT2D eigenvalue weighted by Crippen LogP contribution is 2.20. The van der Waals surface area contributed by atoms with Crippen molar-refractivity contribution in [2.75, 3.05) is 6.61 Å². The van der Waals surface area contributed by atoms with Crippen LogP contribution in [0.3, 0.4) is 0 Å². The van der Waals surface area contributed by atoms with E-state index >= 15 is 0 Å². The minimum absolute atomic E-state index is 0.0285. The molecule has 4 nitrogen and oxygen atoms in total. The van der Waals surface area contributed by atoms with E-state index in [2.05, 4.69) is 9.72 Å². The molecule has 1 N–H and O–H groups in total. The molecule has 0 aliphatic rings. The van der Waals surface area contributed by atoms with Crippen LogP contribution in [0.2, 0.25) is 0 Å². The molecule has 0 radical (unpaired) electrons. The monoisotopic (exact) mass is 235 g/mol. The number of hydrogen-bond acceptors (Lipinski definition) is 3. The molecule has 0 bridgehead atoms. The minimum Gasteiger partial charge on any atom is -0.482 e. The Bertz CT molecular complexity index is 379. The van der Waals surface area contributed by atoms with E-state index in [1.165, 1.54) is 18.3 Å². The molecule has 0 aliphatic carbocycles. The summed E-state index contributed by atoms with van der Waals surface area (Å²) < 4.78 is 40.1. The second-order valence-electron chi connectivity index (χ2n) is 2.92. The quantitative estimate of drug-likeness (QED) is 0.861. The van der Waals surface area contributed by atoms with Gasteiger partial charge in [0.05, 0.1) is 12.1 Å². The number of aliphatic carboxylic acids is 1. The molecule has 0 spiro atoms. The van der Waals surface area contributed by atoms with E-state index in [1.54, 1.807) is 0 Å². The molecule has 0 atom stereocenters. The highest BCUT2D eigenvalue weighted by molar-refractivity contribution is 5.70. The fourth-order valence-electron chi connectivity index (χ4n) is 0.990. The van der Waals surface area contributed by atoms with Gasteiger partial charge in [-0.05, 0) is 12.1 Å². The molecule has 0 unspecified atom stereocenters. The van der Waals surface area contributed by atoms with Gasteiger partial charge in [-0.25, -0.2) is 0 Å². The molecule has 1 rings (SSSR count). The van der Waals surface area contributed by atoms with Crippen LogP contribution in [0.25, 0.3) is 0 Å². The van der Waals surface area contributed by atoms with Gasteiger partial charge in [0.1, 0.15) is 5.75 Å². The Morgan fingerprint density at radius 1 is 1.50 bits per heavy atom. The lowest BCUT2D eigenvalue weighted by Crippen LogP contribution is -2.20. The van der Waals surface area contributed by atoms with Gasteiger partial charge in [-0.15, -0.1) is 0 Å². The van der Waals surface area contributed by atoms with E-state index < -0.39 is 25.2 Å². The van der Waals surface area contributed by atoms with E-state index in [9.17, 15) is 18.0 Å². The number of nitrogens with zero attached hydrogens (tertiary/aromatic N) is 1. The lowest BCUT2D eigenvalue weighted by molar-refractivity contribution is -0.153. The van der Waals surface area contributed by atoms with Crippen LogP contribution in [0.1, 0.15) is 5.69 Å². The van der Waals surface area contributed by atoms with Gasteiger partial charge in [0, 0.05) is 6.20 Å². The Morgan fingerprint density at radius 3 is 2.75 bits per heavy atom. The van der Waals surface area contributed by atoms with Gasteiger partial charge in [0.2, 0.25) is 0 Å². The van der Waals surface area contributed by atoms with Crippen molar-refractivity contribution >= 4 is 5.97 Å². The number of carbonyl (C=O) groups is 1. The minimum atomic E-state index is -4.46. The number of pyridine rings is 1. The summed E-state index contributed by atoms with van der Waals surface area (Å²) in [7, 11) is 0. The molecule has 1 heterocycles. The Hall–Kier alpha value is -1.79. The molecule has 16 heavy (non-hydrogen) atoms. The number of carboxylic acid groups (broad SMARTS) is 1.